The van der Waals surface area contributed by atoms with Crippen molar-refractivity contribution in [2.45, 2.75) is 93.2 Å². The van der Waals surface area contributed by atoms with Crippen molar-refractivity contribution in [1.29, 1.82) is 0 Å². The van der Waals surface area contributed by atoms with Crippen molar-refractivity contribution in [2.24, 2.45) is 5.92 Å². The molecule has 2 aliphatic heterocycles. The lowest BCUT2D eigenvalue weighted by Gasteiger charge is -2.30. The number of anilines is 1. The number of sulfonamides is 1. The second-order valence-electron chi connectivity index (χ2n) is 13.7. The molecule has 13 heteroatoms. The van der Waals surface area contributed by atoms with Crippen LogP contribution in [0, 0.1) is 5.92 Å². The third-order valence-corrected chi connectivity index (χ3v) is 13.2. The predicted molar refractivity (Wildman–Crippen MR) is 184 cm³/mol. The van der Waals surface area contributed by atoms with Gasteiger partial charge in [-0.1, -0.05) is 66.7 Å². The number of ether oxygens (including phenoxy) is 1. The molecule has 48 heavy (non-hydrogen) atoms. The lowest BCUT2D eigenvalue weighted by molar-refractivity contribution is -0.140. The molecule has 3 fully saturated rings. The first kappa shape index (κ1) is 32.6. The maximum absolute atomic E-state index is 14.4. The molecule has 5 atom stereocenters. The lowest BCUT2D eigenvalue weighted by atomic mass is 10.0. The van der Waals surface area contributed by atoms with E-state index in [1.165, 1.54) is 11.3 Å². The van der Waals surface area contributed by atoms with E-state index in [1.807, 2.05) is 66.7 Å². The summed E-state index contributed by atoms with van der Waals surface area (Å²) < 4.78 is 34.7. The van der Waals surface area contributed by atoms with Gasteiger partial charge in [-0.05, 0) is 69.7 Å². The molecule has 2 saturated carbocycles. The molecule has 4 aliphatic rings. The number of benzene rings is 2. The number of fused-ring (bicyclic) bond motifs is 3. The standard InChI is InChI=1S/C35H41N5O6S2/c1-34(18-19-34)48(44,45)39-32(43)35-21-23(35)12-6-3-2-4-9-16-27(36-24-13-7-5-8-14-24)31(42)40-22-25(20-28(40)30(41)38-35)46-33-37-26-15-10-11-17-29(26)47-33/h5-8,10-15,17,23,25,27-28,36H,2-4,9,16,18-22H2,1H3,(H,38,41)(H,39,43)/t23-,25-,27+,28+,35-/m1/s1. The van der Waals surface area contributed by atoms with E-state index >= 15 is 0 Å². The van der Waals surface area contributed by atoms with Crippen LogP contribution in [0.25, 0.3) is 10.2 Å². The number of nitrogens with zero attached hydrogens (tertiary/aromatic N) is 2. The van der Waals surface area contributed by atoms with E-state index in [0.29, 0.717) is 24.5 Å². The van der Waals surface area contributed by atoms with Gasteiger partial charge in [-0.3, -0.25) is 19.1 Å². The van der Waals surface area contributed by atoms with Crippen molar-refractivity contribution < 1.29 is 27.5 Å². The summed E-state index contributed by atoms with van der Waals surface area (Å²) in [6.45, 7) is 1.78. The average Bonchev–Trinajstić information content (AvgIpc) is 3.87. The van der Waals surface area contributed by atoms with Crippen molar-refractivity contribution >= 4 is 55.0 Å². The van der Waals surface area contributed by atoms with E-state index in [-0.39, 0.29) is 31.2 Å². The van der Waals surface area contributed by atoms with Gasteiger partial charge in [0.15, 0.2) is 0 Å². The summed E-state index contributed by atoms with van der Waals surface area (Å²) >= 11 is 1.40. The maximum Gasteiger partial charge on any atom is 0.274 e. The van der Waals surface area contributed by atoms with Crippen LogP contribution in [-0.2, 0) is 24.4 Å². The highest BCUT2D eigenvalue weighted by Crippen LogP contribution is 2.47. The van der Waals surface area contributed by atoms with Crippen LogP contribution in [0.15, 0.2) is 66.7 Å². The summed E-state index contributed by atoms with van der Waals surface area (Å²) in [5, 5.41) is 6.80. The number of thiazole rings is 1. The zero-order chi connectivity index (χ0) is 33.5. The first-order valence-electron chi connectivity index (χ1n) is 16.8. The third kappa shape index (κ3) is 6.54. The Hall–Kier alpha value is -3.97. The maximum atomic E-state index is 14.4. The van der Waals surface area contributed by atoms with Crippen molar-refractivity contribution in [2.75, 3.05) is 11.9 Å². The van der Waals surface area contributed by atoms with Gasteiger partial charge in [0.1, 0.15) is 23.7 Å². The normalized spacial score (nSPS) is 28.7. The molecule has 254 valence electrons. The van der Waals surface area contributed by atoms with Crippen LogP contribution >= 0.6 is 11.3 Å². The molecule has 2 aromatic carbocycles. The minimum Gasteiger partial charge on any atom is -0.465 e. The van der Waals surface area contributed by atoms with E-state index in [2.05, 4.69) is 20.3 Å². The number of allylic oxidation sites excluding steroid dienone is 1. The Morgan fingerprint density at radius 2 is 1.83 bits per heavy atom. The summed E-state index contributed by atoms with van der Waals surface area (Å²) in [5.41, 5.74) is 0.192. The highest BCUT2D eigenvalue weighted by molar-refractivity contribution is 7.91. The quantitative estimate of drug-likeness (QED) is 0.307. The fourth-order valence-electron chi connectivity index (χ4n) is 6.73. The monoisotopic (exact) mass is 691 g/mol. The molecule has 3 amide bonds. The molecule has 2 aliphatic carbocycles. The molecule has 0 radical (unpaired) electrons. The Kier molecular flexibility index (Phi) is 8.69. The second-order valence-corrected chi connectivity index (χ2v) is 16.9. The van der Waals surface area contributed by atoms with Gasteiger partial charge in [-0.2, -0.15) is 0 Å². The summed E-state index contributed by atoms with van der Waals surface area (Å²) in [6, 6.07) is 15.7. The van der Waals surface area contributed by atoms with E-state index in [1.54, 1.807) is 11.8 Å². The summed E-state index contributed by atoms with van der Waals surface area (Å²) in [6.07, 6.45) is 8.82. The van der Waals surface area contributed by atoms with Gasteiger partial charge in [-0.15, -0.1) is 0 Å². The van der Waals surface area contributed by atoms with Gasteiger partial charge < -0.3 is 20.3 Å². The van der Waals surface area contributed by atoms with Gasteiger partial charge in [0.05, 0.1) is 21.5 Å². The number of para-hydroxylation sites is 2. The van der Waals surface area contributed by atoms with Crippen LogP contribution < -0.4 is 20.1 Å². The molecule has 0 bridgehead atoms. The summed E-state index contributed by atoms with van der Waals surface area (Å²) in [4.78, 5) is 48.6. The second kappa shape index (κ2) is 12.8. The molecule has 11 nitrogen and oxygen atoms in total. The number of carbonyl (C=O) groups is 3. The molecule has 3 N–H and O–H groups in total. The average molecular weight is 692 g/mol. The third-order valence-electron chi connectivity index (χ3n) is 10.1. The number of hydrogen-bond acceptors (Lipinski definition) is 9. The van der Waals surface area contributed by atoms with Crippen molar-refractivity contribution in [3.63, 3.8) is 0 Å². The van der Waals surface area contributed by atoms with E-state index in [9.17, 15) is 22.8 Å². The Balaban J connectivity index is 1.18. The molecule has 7 rings (SSSR count). The number of hydrogen-bond donors (Lipinski definition) is 3. The van der Waals surface area contributed by atoms with Gasteiger partial charge in [0.2, 0.25) is 21.8 Å². The van der Waals surface area contributed by atoms with E-state index < -0.39 is 50.3 Å². The van der Waals surface area contributed by atoms with Crippen LogP contribution in [0.3, 0.4) is 0 Å². The summed E-state index contributed by atoms with van der Waals surface area (Å²) in [7, 11) is -3.92. The molecule has 0 spiro atoms. The predicted octanol–water partition coefficient (Wildman–Crippen LogP) is 4.52. The minimum atomic E-state index is -3.92. The molecule has 1 saturated heterocycles. The Bertz CT molecular complexity index is 1810. The molecular formula is C35H41N5O6S2. The molecule has 3 heterocycles. The van der Waals surface area contributed by atoms with Crippen molar-refractivity contribution in [3.05, 3.63) is 66.7 Å². The van der Waals surface area contributed by atoms with Crippen LogP contribution in [0.1, 0.15) is 64.7 Å². The highest BCUT2D eigenvalue weighted by Gasteiger charge is 2.63. The van der Waals surface area contributed by atoms with Crippen molar-refractivity contribution in [3.8, 4) is 5.19 Å². The molecule has 3 aromatic rings. The highest BCUT2D eigenvalue weighted by atomic mass is 32.2. The topological polar surface area (TPSA) is 147 Å². The lowest BCUT2D eigenvalue weighted by Crippen LogP contribution is -2.58. The molecular weight excluding hydrogens is 651 g/mol. The fourth-order valence-corrected chi connectivity index (χ4v) is 8.92. The van der Waals surface area contributed by atoms with Gasteiger partial charge in [-0.25, -0.2) is 13.4 Å². The van der Waals surface area contributed by atoms with Crippen LogP contribution in [0.4, 0.5) is 5.69 Å². The fraction of sp³-hybridized carbons (Fsp3) is 0.486. The van der Waals surface area contributed by atoms with Gasteiger partial charge >= 0.3 is 0 Å². The first-order valence-corrected chi connectivity index (χ1v) is 19.1. The zero-order valence-electron chi connectivity index (χ0n) is 26.9. The number of aromatic nitrogens is 1. The number of nitrogens with one attached hydrogen (secondary N) is 3. The number of carbonyl (C=O) groups excluding carboxylic acids is 3. The Morgan fingerprint density at radius 3 is 2.60 bits per heavy atom. The Morgan fingerprint density at radius 1 is 1.06 bits per heavy atom. The SMILES string of the molecule is CC1(S(=O)(=O)NC(=O)[C@@]23C[C@H]2C=CCCCCC[C@H](Nc2ccccc2)C(=O)N2C[C@H](Oc4nc5ccccc5s4)C[C@H]2C(=O)N3)CC1. The zero-order valence-corrected chi connectivity index (χ0v) is 28.5. The van der Waals surface area contributed by atoms with Gasteiger partial charge in [0, 0.05) is 18.0 Å². The van der Waals surface area contributed by atoms with Crippen LogP contribution in [-0.4, -0.2) is 71.0 Å². The Labute approximate surface area is 284 Å². The van der Waals surface area contributed by atoms with Crippen LogP contribution in [0.2, 0.25) is 0 Å². The van der Waals surface area contributed by atoms with Crippen LogP contribution in [0.5, 0.6) is 5.19 Å². The van der Waals surface area contributed by atoms with E-state index in [4.69, 9.17) is 4.74 Å². The smallest absolute Gasteiger partial charge is 0.274 e. The van der Waals surface area contributed by atoms with Crippen molar-refractivity contribution in [1.82, 2.24) is 19.9 Å². The summed E-state index contributed by atoms with van der Waals surface area (Å²) in [5.74, 6) is -1.82. The first-order chi connectivity index (χ1) is 23.1. The number of rotatable bonds is 7. The van der Waals surface area contributed by atoms with Gasteiger partial charge in [0.25, 0.3) is 11.1 Å². The largest absolute Gasteiger partial charge is 0.465 e. The minimum absolute atomic E-state index is 0.162. The van der Waals surface area contributed by atoms with E-state index in [0.717, 1.165) is 41.6 Å². The molecule has 0 unspecified atom stereocenters. The number of amides is 3. The molecule has 1 aromatic heterocycles.